The molecule has 0 unspecified atom stereocenters. The standard InChI is InChI=1S/C12H11N3O4/c1-7-10(12(18)19)13-14-15(7)6-8-2-4-9(5-3-8)11(16)17/h2-5H,6H2,1H3,(H,16,17)(H,18,19). The van der Waals surface area contributed by atoms with Crippen molar-refractivity contribution in [2.75, 3.05) is 0 Å². The van der Waals surface area contributed by atoms with Gasteiger partial charge in [0.25, 0.3) is 0 Å². The van der Waals surface area contributed by atoms with Gasteiger partial charge in [-0.1, -0.05) is 17.3 Å². The first kappa shape index (κ1) is 12.7. The summed E-state index contributed by atoms with van der Waals surface area (Å²) in [6.45, 7) is 1.96. The van der Waals surface area contributed by atoms with E-state index in [9.17, 15) is 9.59 Å². The maximum atomic E-state index is 10.8. The molecule has 0 radical (unpaired) electrons. The Morgan fingerprint density at radius 3 is 2.26 bits per heavy atom. The summed E-state index contributed by atoms with van der Waals surface area (Å²) in [6, 6.07) is 6.29. The molecule has 2 aromatic rings. The molecule has 2 N–H and O–H groups in total. The Balaban J connectivity index is 2.21. The van der Waals surface area contributed by atoms with Gasteiger partial charge in [0.1, 0.15) is 0 Å². The van der Waals surface area contributed by atoms with E-state index in [4.69, 9.17) is 10.2 Å². The summed E-state index contributed by atoms with van der Waals surface area (Å²) in [4.78, 5) is 21.5. The van der Waals surface area contributed by atoms with Crippen molar-refractivity contribution in [2.45, 2.75) is 13.5 Å². The Bertz CT molecular complexity index is 631. The molecule has 0 aliphatic carbocycles. The van der Waals surface area contributed by atoms with E-state index < -0.39 is 11.9 Å². The fourth-order valence-electron chi connectivity index (χ4n) is 1.63. The molecule has 0 saturated heterocycles. The van der Waals surface area contributed by atoms with Crippen LogP contribution in [0.15, 0.2) is 24.3 Å². The van der Waals surface area contributed by atoms with Crippen LogP contribution in [-0.2, 0) is 6.54 Å². The summed E-state index contributed by atoms with van der Waals surface area (Å²) in [6.07, 6.45) is 0. The van der Waals surface area contributed by atoms with E-state index in [-0.39, 0.29) is 11.3 Å². The predicted octanol–water partition coefficient (Wildman–Crippen LogP) is 1.03. The van der Waals surface area contributed by atoms with Crippen molar-refractivity contribution in [1.29, 1.82) is 0 Å². The Kier molecular flexibility index (Phi) is 3.28. The number of aromatic nitrogens is 3. The van der Waals surface area contributed by atoms with Crippen LogP contribution >= 0.6 is 0 Å². The lowest BCUT2D eigenvalue weighted by molar-refractivity contribution is 0.0681. The topological polar surface area (TPSA) is 105 Å². The monoisotopic (exact) mass is 261 g/mol. The zero-order valence-electron chi connectivity index (χ0n) is 10.1. The minimum Gasteiger partial charge on any atom is -0.478 e. The molecule has 0 atom stereocenters. The van der Waals surface area contributed by atoms with Gasteiger partial charge in [-0.05, 0) is 24.6 Å². The molecule has 0 fully saturated rings. The van der Waals surface area contributed by atoms with Crippen LogP contribution in [0.4, 0.5) is 0 Å². The van der Waals surface area contributed by atoms with Gasteiger partial charge in [0.15, 0.2) is 5.69 Å². The van der Waals surface area contributed by atoms with Gasteiger partial charge in [0.05, 0.1) is 17.8 Å². The highest BCUT2D eigenvalue weighted by Crippen LogP contribution is 2.09. The van der Waals surface area contributed by atoms with Crippen molar-refractivity contribution in [2.24, 2.45) is 0 Å². The first-order valence-corrected chi connectivity index (χ1v) is 5.44. The number of carboxylic acids is 2. The average molecular weight is 261 g/mol. The van der Waals surface area contributed by atoms with Crippen LogP contribution in [0, 0.1) is 6.92 Å². The molecule has 0 aliphatic rings. The van der Waals surface area contributed by atoms with Crippen LogP contribution in [0.25, 0.3) is 0 Å². The van der Waals surface area contributed by atoms with Crippen LogP contribution in [0.5, 0.6) is 0 Å². The molecule has 19 heavy (non-hydrogen) atoms. The number of aromatic carboxylic acids is 2. The number of hydrogen-bond acceptors (Lipinski definition) is 4. The number of rotatable bonds is 4. The van der Waals surface area contributed by atoms with Gasteiger partial charge >= 0.3 is 11.9 Å². The van der Waals surface area contributed by atoms with Gasteiger partial charge in [-0.2, -0.15) is 0 Å². The first-order valence-electron chi connectivity index (χ1n) is 5.44. The minimum absolute atomic E-state index is 0.0813. The third-order valence-electron chi connectivity index (χ3n) is 2.72. The maximum absolute atomic E-state index is 10.8. The molecular weight excluding hydrogens is 250 g/mol. The molecule has 0 amide bonds. The second-order valence-electron chi connectivity index (χ2n) is 3.99. The van der Waals surface area contributed by atoms with Gasteiger partial charge in [-0.15, -0.1) is 5.10 Å². The maximum Gasteiger partial charge on any atom is 0.358 e. The SMILES string of the molecule is Cc1c(C(=O)O)nnn1Cc1ccc(C(=O)O)cc1. The van der Waals surface area contributed by atoms with Crippen molar-refractivity contribution >= 4 is 11.9 Å². The third-order valence-corrected chi connectivity index (χ3v) is 2.72. The molecule has 0 aliphatic heterocycles. The quantitative estimate of drug-likeness (QED) is 0.851. The van der Waals surface area contributed by atoms with Gasteiger partial charge in [-0.3, -0.25) is 0 Å². The molecular formula is C12H11N3O4. The largest absolute Gasteiger partial charge is 0.478 e. The minimum atomic E-state index is -1.12. The van der Waals surface area contributed by atoms with E-state index in [1.165, 1.54) is 16.8 Å². The summed E-state index contributed by atoms with van der Waals surface area (Å²) in [5, 5.41) is 25.0. The number of carboxylic acid groups (broad SMARTS) is 2. The summed E-state index contributed by atoms with van der Waals surface area (Å²) >= 11 is 0. The van der Waals surface area contributed by atoms with Crippen molar-refractivity contribution in [1.82, 2.24) is 15.0 Å². The zero-order valence-corrected chi connectivity index (χ0v) is 10.1. The molecule has 1 aromatic carbocycles. The number of benzene rings is 1. The van der Waals surface area contributed by atoms with Gasteiger partial charge in [-0.25, -0.2) is 14.3 Å². The second-order valence-corrected chi connectivity index (χ2v) is 3.99. The summed E-state index contributed by atoms with van der Waals surface area (Å²) in [5.41, 5.74) is 1.39. The molecule has 1 aromatic heterocycles. The highest BCUT2D eigenvalue weighted by atomic mass is 16.4. The first-order chi connectivity index (χ1) is 8.99. The molecule has 0 spiro atoms. The molecule has 0 bridgehead atoms. The number of nitrogens with zero attached hydrogens (tertiary/aromatic N) is 3. The Hall–Kier alpha value is -2.70. The van der Waals surface area contributed by atoms with E-state index in [0.29, 0.717) is 12.2 Å². The lowest BCUT2D eigenvalue weighted by Gasteiger charge is -2.04. The zero-order chi connectivity index (χ0) is 14.0. The summed E-state index contributed by atoms with van der Waals surface area (Å²) in [7, 11) is 0. The number of hydrogen-bond donors (Lipinski definition) is 2. The van der Waals surface area contributed by atoms with Crippen LogP contribution < -0.4 is 0 Å². The smallest absolute Gasteiger partial charge is 0.358 e. The van der Waals surface area contributed by atoms with Crippen molar-refractivity contribution in [3.63, 3.8) is 0 Å². The predicted molar refractivity (Wildman–Crippen MR) is 64.2 cm³/mol. The van der Waals surface area contributed by atoms with Crippen molar-refractivity contribution in [3.8, 4) is 0 Å². The van der Waals surface area contributed by atoms with Crippen molar-refractivity contribution in [3.05, 3.63) is 46.8 Å². The number of carbonyl (C=O) groups is 2. The van der Waals surface area contributed by atoms with E-state index in [0.717, 1.165) is 5.56 Å². The molecule has 0 saturated carbocycles. The fourth-order valence-corrected chi connectivity index (χ4v) is 1.63. The van der Waals surface area contributed by atoms with E-state index in [2.05, 4.69) is 10.3 Å². The fraction of sp³-hybridized carbons (Fsp3) is 0.167. The molecule has 7 heteroatoms. The van der Waals surface area contributed by atoms with Gasteiger partial charge in [0, 0.05) is 0 Å². The summed E-state index contributed by atoms with van der Waals surface area (Å²) < 4.78 is 1.46. The van der Waals surface area contributed by atoms with Crippen LogP contribution in [0.3, 0.4) is 0 Å². The third kappa shape index (κ3) is 2.59. The highest BCUT2D eigenvalue weighted by molar-refractivity contribution is 5.87. The van der Waals surface area contributed by atoms with E-state index >= 15 is 0 Å². The lowest BCUT2D eigenvalue weighted by atomic mass is 10.1. The van der Waals surface area contributed by atoms with Gasteiger partial charge < -0.3 is 10.2 Å². The van der Waals surface area contributed by atoms with Crippen LogP contribution in [0.2, 0.25) is 0 Å². The molecule has 7 nitrogen and oxygen atoms in total. The van der Waals surface area contributed by atoms with Crippen LogP contribution in [-0.4, -0.2) is 37.1 Å². The lowest BCUT2D eigenvalue weighted by Crippen LogP contribution is -2.06. The highest BCUT2D eigenvalue weighted by Gasteiger charge is 2.15. The Morgan fingerprint density at radius 1 is 1.16 bits per heavy atom. The second kappa shape index (κ2) is 4.89. The normalized spacial score (nSPS) is 10.4. The van der Waals surface area contributed by atoms with E-state index in [1.807, 2.05) is 0 Å². The summed E-state index contributed by atoms with van der Waals surface area (Å²) in [5.74, 6) is -2.11. The van der Waals surface area contributed by atoms with E-state index in [1.54, 1.807) is 19.1 Å². The molecule has 98 valence electrons. The van der Waals surface area contributed by atoms with Crippen molar-refractivity contribution < 1.29 is 19.8 Å². The Morgan fingerprint density at radius 2 is 1.79 bits per heavy atom. The Labute approximate surface area is 108 Å². The molecule has 1 heterocycles. The average Bonchev–Trinajstić information content (AvgIpc) is 2.72. The molecule has 2 rings (SSSR count). The van der Waals surface area contributed by atoms with Gasteiger partial charge in [0.2, 0.25) is 0 Å². The van der Waals surface area contributed by atoms with Crippen LogP contribution in [0.1, 0.15) is 32.1 Å².